The predicted molar refractivity (Wildman–Crippen MR) is 145 cm³/mol. The Morgan fingerprint density at radius 1 is 1.07 bits per heavy atom. The molecular weight excluding hydrogens is 550 g/mol. The first-order valence-electron chi connectivity index (χ1n) is 13.3. The quantitative estimate of drug-likeness (QED) is 0.416. The van der Waals surface area contributed by atoms with Crippen LogP contribution >= 0.6 is 0 Å². The number of ether oxygens (including phenoxy) is 1. The van der Waals surface area contributed by atoms with Crippen LogP contribution in [-0.4, -0.2) is 75.4 Å². The van der Waals surface area contributed by atoms with E-state index in [0.29, 0.717) is 37.3 Å². The molecule has 0 aromatic heterocycles. The monoisotopic (exact) mass is 585 g/mol. The van der Waals surface area contributed by atoms with Gasteiger partial charge in [-0.15, -0.1) is 4.40 Å². The molecule has 2 aliphatic rings. The molecule has 220 valence electrons. The van der Waals surface area contributed by atoms with E-state index in [2.05, 4.69) is 9.30 Å². The van der Waals surface area contributed by atoms with Crippen molar-refractivity contribution in [3.05, 3.63) is 65.5 Å². The number of hydrogen-bond donors (Lipinski definition) is 1. The first kappa shape index (κ1) is 30.3. The highest BCUT2D eigenvalue weighted by Gasteiger charge is 2.47. The zero-order valence-corrected chi connectivity index (χ0v) is 23.4. The molecule has 0 bridgehead atoms. The molecule has 0 radical (unpaired) electrons. The zero-order valence-electron chi connectivity index (χ0n) is 22.6. The lowest BCUT2D eigenvalue weighted by atomic mass is 9.91. The number of aliphatic hydroxyl groups is 1. The molecule has 1 saturated heterocycles. The van der Waals surface area contributed by atoms with Crippen LogP contribution < -0.4 is 4.90 Å². The number of alkyl halides is 3. The van der Waals surface area contributed by atoms with Gasteiger partial charge < -0.3 is 14.7 Å². The van der Waals surface area contributed by atoms with Crippen molar-refractivity contribution in [1.29, 1.82) is 0 Å². The van der Waals surface area contributed by atoms with E-state index in [1.54, 1.807) is 61.2 Å². The fourth-order valence-electron chi connectivity index (χ4n) is 5.50. The molecule has 2 atom stereocenters. The van der Waals surface area contributed by atoms with Gasteiger partial charge in [0.2, 0.25) is 5.90 Å². The van der Waals surface area contributed by atoms with Crippen molar-refractivity contribution in [2.75, 3.05) is 44.2 Å². The van der Waals surface area contributed by atoms with E-state index in [0.717, 1.165) is 5.69 Å². The van der Waals surface area contributed by atoms with Gasteiger partial charge in [-0.1, -0.05) is 30.3 Å². The summed E-state index contributed by atoms with van der Waals surface area (Å²) < 4.78 is 88.9. The average molecular weight is 586 g/mol. The van der Waals surface area contributed by atoms with Gasteiger partial charge in [0.05, 0.1) is 6.42 Å². The molecule has 2 heterocycles. The topological polar surface area (TPSA) is 82.4 Å². The average Bonchev–Trinajstić information content (AvgIpc) is 2.86. The van der Waals surface area contributed by atoms with Crippen LogP contribution in [0.15, 0.2) is 52.9 Å². The molecule has 0 aliphatic carbocycles. The van der Waals surface area contributed by atoms with Crippen LogP contribution in [-0.2, 0) is 14.8 Å². The first-order valence-corrected chi connectivity index (χ1v) is 14.8. The summed E-state index contributed by atoms with van der Waals surface area (Å²) in [5, 5.41) is 8.45. The van der Waals surface area contributed by atoms with Crippen molar-refractivity contribution >= 4 is 21.6 Å². The molecule has 2 aliphatic heterocycles. The molecule has 4 rings (SSSR count). The Morgan fingerprint density at radius 3 is 2.30 bits per heavy atom. The molecule has 40 heavy (non-hydrogen) atoms. The maximum absolute atomic E-state index is 14.4. The van der Waals surface area contributed by atoms with Crippen molar-refractivity contribution in [3.8, 4) is 0 Å². The lowest BCUT2D eigenvalue weighted by molar-refractivity contribution is -0.138. The molecule has 1 unspecified atom stereocenters. The van der Waals surface area contributed by atoms with E-state index < -0.39 is 45.2 Å². The Morgan fingerprint density at radius 2 is 1.73 bits per heavy atom. The summed E-state index contributed by atoms with van der Waals surface area (Å²) in [6, 6.07) is 13.2. The van der Waals surface area contributed by atoms with Crippen molar-refractivity contribution < 1.29 is 35.8 Å². The van der Waals surface area contributed by atoms with Crippen LogP contribution in [0.4, 0.5) is 23.2 Å². The minimum atomic E-state index is -4.17. The molecule has 2 aromatic rings. The van der Waals surface area contributed by atoms with E-state index >= 15 is 0 Å². The lowest BCUT2D eigenvalue weighted by Crippen LogP contribution is -2.47. The second-order valence-electron chi connectivity index (χ2n) is 10.8. The van der Waals surface area contributed by atoms with E-state index in [-0.39, 0.29) is 31.9 Å². The highest BCUT2D eigenvalue weighted by atomic mass is 32.2. The first-order chi connectivity index (χ1) is 18.8. The Bertz CT molecular complexity index is 1290. The Hall–Kier alpha value is -2.70. The van der Waals surface area contributed by atoms with Crippen molar-refractivity contribution in [3.63, 3.8) is 0 Å². The van der Waals surface area contributed by atoms with Crippen LogP contribution in [0.2, 0.25) is 0 Å². The van der Waals surface area contributed by atoms with Gasteiger partial charge in [0.1, 0.15) is 16.7 Å². The number of halogens is 4. The normalized spacial score (nSPS) is 21.9. The van der Waals surface area contributed by atoms with Crippen LogP contribution in [0.3, 0.4) is 0 Å². The fourth-order valence-corrected chi connectivity index (χ4v) is 7.26. The van der Waals surface area contributed by atoms with E-state index in [1.807, 2.05) is 0 Å². The Labute approximate surface area is 232 Å². The standard InChI is InChI=1S/C28H35F4N3O4S/c1-27(2)26(20-7-9-22(10-8-20)35-16-14-34(15-17-35)13-12-28(30,31)32)40(37,38)33-25(39-27)19-21(11-18-36)23-5-3-4-6-24(23)29/h3-10,21,26,36H,11-19H2,1-2H3/t21-,26?/m1/s1. The summed E-state index contributed by atoms with van der Waals surface area (Å²) in [7, 11) is -4.06. The number of benzene rings is 2. The molecule has 0 amide bonds. The predicted octanol–water partition coefficient (Wildman–Crippen LogP) is 5.03. The smallest absolute Gasteiger partial charge is 0.390 e. The van der Waals surface area contributed by atoms with Gasteiger partial charge >= 0.3 is 6.18 Å². The summed E-state index contributed by atoms with van der Waals surface area (Å²) in [6.45, 7) is 5.27. The van der Waals surface area contributed by atoms with Crippen LogP contribution in [0.1, 0.15) is 55.4 Å². The van der Waals surface area contributed by atoms with Crippen molar-refractivity contribution in [1.82, 2.24) is 4.90 Å². The minimum Gasteiger partial charge on any atom is -0.472 e. The third-order valence-electron chi connectivity index (χ3n) is 7.43. The Kier molecular flexibility index (Phi) is 9.11. The third-order valence-corrected chi connectivity index (χ3v) is 9.32. The van der Waals surface area contributed by atoms with Crippen molar-refractivity contribution in [2.45, 2.75) is 56.1 Å². The fraction of sp³-hybridized carbons (Fsp3) is 0.536. The molecule has 1 N–H and O–H groups in total. The van der Waals surface area contributed by atoms with E-state index in [4.69, 9.17) is 4.74 Å². The maximum Gasteiger partial charge on any atom is 0.390 e. The molecule has 2 aromatic carbocycles. The largest absolute Gasteiger partial charge is 0.472 e. The summed E-state index contributed by atoms with van der Waals surface area (Å²) >= 11 is 0. The Balaban J connectivity index is 1.47. The number of anilines is 1. The van der Waals surface area contributed by atoms with Gasteiger partial charge in [0.25, 0.3) is 10.0 Å². The van der Waals surface area contributed by atoms with Crippen LogP contribution in [0.25, 0.3) is 0 Å². The summed E-state index contributed by atoms with van der Waals surface area (Å²) in [4.78, 5) is 3.85. The van der Waals surface area contributed by atoms with Crippen LogP contribution in [0, 0.1) is 5.82 Å². The number of aliphatic hydroxyl groups excluding tert-OH is 1. The second-order valence-corrected chi connectivity index (χ2v) is 12.5. The maximum atomic E-state index is 14.4. The highest BCUT2D eigenvalue weighted by Crippen LogP contribution is 2.42. The van der Waals surface area contributed by atoms with Crippen LogP contribution in [0.5, 0.6) is 0 Å². The molecule has 7 nitrogen and oxygen atoms in total. The van der Waals surface area contributed by atoms with Gasteiger partial charge in [0.15, 0.2) is 0 Å². The highest BCUT2D eigenvalue weighted by molar-refractivity contribution is 7.90. The van der Waals surface area contributed by atoms with Gasteiger partial charge in [-0.3, -0.25) is 4.90 Å². The summed E-state index contributed by atoms with van der Waals surface area (Å²) in [5.74, 6) is -0.983. The molecule has 12 heteroatoms. The summed E-state index contributed by atoms with van der Waals surface area (Å²) in [5.41, 5.74) is 0.533. The zero-order chi connectivity index (χ0) is 29.1. The third kappa shape index (κ3) is 7.32. The molecule has 1 fully saturated rings. The number of piperazine rings is 1. The molecule has 0 spiro atoms. The number of rotatable bonds is 9. The molecule has 0 saturated carbocycles. The van der Waals surface area contributed by atoms with Gasteiger partial charge in [-0.2, -0.15) is 13.2 Å². The summed E-state index contributed by atoms with van der Waals surface area (Å²) in [6.07, 6.45) is -4.77. The van der Waals surface area contributed by atoms with Gasteiger partial charge in [-0.25, -0.2) is 12.8 Å². The van der Waals surface area contributed by atoms with E-state index in [9.17, 15) is 31.1 Å². The minimum absolute atomic E-state index is 0.0186. The molecular formula is C28H35F4N3O4S. The second kappa shape index (κ2) is 12.0. The van der Waals surface area contributed by atoms with Gasteiger partial charge in [0, 0.05) is 51.4 Å². The van der Waals surface area contributed by atoms with Gasteiger partial charge in [-0.05, 0) is 55.5 Å². The lowest BCUT2D eigenvalue weighted by Gasteiger charge is -2.38. The SMILES string of the molecule is CC1(C)OC(C[C@@H](CCO)c2ccccc2F)=NS(=O)(=O)C1c1ccc(N2CCN(CCC(F)(F)F)CC2)cc1. The van der Waals surface area contributed by atoms with Crippen molar-refractivity contribution in [2.24, 2.45) is 4.40 Å². The number of sulfonamides is 1. The number of nitrogens with zero attached hydrogens (tertiary/aromatic N) is 3. The number of hydrogen-bond acceptors (Lipinski definition) is 6. The van der Waals surface area contributed by atoms with E-state index in [1.165, 1.54) is 6.07 Å².